The zero-order chi connectivity index (χ0) is 17.8. The van der Waals surface area contributed by atoms with Crippen molar-refractivity contribution in [1.82, 2.24) is 4.90 Å². The number of hydrogen-bond acceptors (Lipinski definition) is 5. The molecule has 2 heterocycles. The number of nitrogens with two attached hydrogens (primary N) is 1. The molecule has 2 aliphatic rings. The summed E-state index contributed by atoms with van der Waals surface area (Å²) in [5.41, 5.74) is 6.48. The van der Waals surface area contributed by atoms with Crippen LogP contribution in [0.5, 0.6) is 5.75 Å². The first kappa shape index (κ1) is 17.0. The van der Waals surface area contributed by atoms with E-state index in [-0.39, 0.29) is 6.61 Å². The van der Waals surface area contributed by atoms with E-state index in [4.69, 9.17) is 15.2 Å². The van der Waals surface area contributed by atoms with Crippen LogP contribution < -0.4 is 10.5 Å². The van der Waals surface area contributed by atoms with Crippen molar-refractivity contribution < 1.29 is 23.9 Å². The van der Waals surface area contributed by atoms with Gasteiger partial charge in [0, 0.05) is 12.1 Å². The Hall–Kier alpha value is -2.83. The van der Waals surface area contributed by atoms with Gasteiger partial charge in [0.1, 0.15) is 18.4 Å². The molecule has 0 saturated carbocycles. The maximum atomic E-state index is 12.3. The van der Waals surface area contributed by atoms with Crippen LogP contribution in [0.1, 0.15) is 24.8 Å². The number of benzene rings is 1. The molecule has 2 N–H and O–H groups in total. The average molecular weight is 344 g/mol. The number of nitrogens with zero attached hydrogens (tertiary/aromatic N) is 1. The Morgan fingerprint density at radius 3 is 2.84 bits per heavy atom. The standard InChI is InChI=1S/C18H20N2O5/c19-17(22)14-6-3-4-8-20(14)16(21)11-25-18(23)13-9-12-5-1-2-7-15(12)24-10-13/h1-2,5,7,9,14H,3-4,6,8,10-11H2,(H2,19,22)/t14-/m0/s1. The Labute approximate surface area is 145 Å². The van der Waals surface area contributed by atoms with Gasteiger partial charge in [-0.2, -0.15) is 0 Å². The van der Waals surface area contributed by atoms with Crippen LogP contribution in [0.15, 0.2) is 29.8 Å². The minimum Gasteiger partial charge on any atom is -0.488 e. The molecule has 0 bridgehead atoms. The second kappa shape index (κ2) is 7.38. The van der Waals surface area contributed by atoms with E-state index in [0.29, 0.717) is 24.3 Å². The van der Waals surface area contributed by atoms with Gasteiger partial charge in [0.15, 0.2) is 6.61 Å². The first-order valence-electron chi connectivity index (χ1n) is 8.24. The molecule has 7 heteroatoms. The molecule has 2 amide bonds. The van der Waals surface area contributed by atoms with Crippen LogP contribution in [0.2, 0.25) is 0 Å². The van der Waals surface area contributed by atoms with Crippen molar-refractivity contribution in [2.24, 2.45) is 5.73 Å². The molecule has 0 unspecified atom stereocenters. The third-order valence-electron chi connectivity index (χ3n) is 4.37. The molecule has 7 nitrogen and oxygen atoms in total. The van der Waals surface area contributed by atoms with Gasteiger partial charge >= 0.3 is 5.97 Å². The third-order valence-corrected chi connectivity index (χ3v) is 4.37. The van der Waals surface area contributed by atoms with Gasteiger partial charge in [0.2, 0.25) is 5.91 Å². The quantitative estimate of drug-likeness (QED) is 0.817. The summed E-state index contributed by atoms with van der Waals surface area (Å²) in [5.74, 6) is -0.836. The molecular formula is C18H20N2O5. The number of piperidine rings is 1. The molecule has 2 aliphatic heterocycles. The van der Waals surface area contributed by atoms with Gasteiger partial charge in [-0.3, -0.25) is 9.59 Å². The molecule has 0 radical (unpaired) electrons. The Morgan fingerprint density at radius 2 is 2.04 bits per heavy atom. The van der Waals surface area contributed by atoms with Crippen LogP contribution in [0, 0.1) is 0 Å². The molecule has 1 aromatic carbocycles. The number of fused-ring (bicyclic) bond motifs is 1. The summed E-state index contributed by atoms with van der Waals surface area (Å²) in [5, 5.41) is 0. The molecule has 132 valence electrons. The summed E-state index contributed by atoms with van der Waals surface area (Å²) in [6, 6.07) is 6.72. The van der Waals surface area contributed by atoms with Crippen molar-refractivity contribution in [1.29, 1.82) is 0 Å². The van der Waals surface area contributed by atoms with Crippen LogP contribution >= 0.6 is 0 Å². The summed E-state index contributed by atoms with van der Waals surface area (Å²) in [6.07, 6.45) is 3.89. The molecule has 3 rings (SSSR count). The molecule has 0 aliphatic carbocycles. The van der Waals surface area contributed by atoms with Gasteiger partial charge in [0.25, 0.3) is 5.91 Å². The van der Waals surface area contributed by atoms with Gasteiger partial charge in [-0.05, 0) is 31.4 Å². The predicted octanol–water partition coefficient (Wildman–Crippen LogP) is 0.872. The number of primary amides is 1. The number of para-hydroxylation sites is 1. The number of carbonyl (C=O) groups excluding carboxylic acids is 3. The fraction of sp³-hybridized carbons (Fsp3) is 0.389. The van der Waals surface area contributed by atoms with Crippen LogP contribution in [0.25, 0.3) is 6.08 Å². The molecule has 0 aromatic heterocycles. The smallest absolute Gasteiger partial charge is 0.338 e. The van der Waals surface area contributed by atoms with Crippen LogP contribution in [-0.2, 0) is 19.1 Å². The highest BCUT2D eigenvalue weighted by Gasteiger charge is 2.31. The Balaban J connectivity index is 1.60. The van der Waals surface area contributed by atoms with E-state index in [1.54, 1.807) is 6.08 Å². The SMILES string of the molecule is NC(=O)[C@@H]1CCCCN1C(=O)COC(=O)C1=Cc2ccccc2OC1. The Bertz CT molecular complexity index is 728. The fourth-order valence-corrected chi connectivity index (χ4v) is 3.06. The van der Waals surface area contributed by atoms with E-state index in [0.717, 1.165) is 18.4 Å². The lowest BCUT2D eigenvalue weighted by Crippen LogP contribution is -2.51. The van der Waals surface area contributed by atoms with Gasteiger partial charge in [-0.25, -0.2) is 4.79 Å². The minimum absolute atomic E-state index is 0.0949. The molecule has 0 spiro atoms. The third kappa shape index (κ3) is 3.81. The van der Waals surface area contributed by atoms with E-state index >= 15 is 0 Å². The fourth-order valence-electron chi connectivity index (χ4n) is 3.06. The maximum absolute atomic E-state index is 12.3. The highest BCUT2D eigenvalue weighted by Crippen LogP contribution is 2.26. The highest BCUT2D eigenvalue weighted by molar-refractivity contribution is 5.96. The summed E-state index contributed by atoms with van der Waals surface area (Å²) >= 11 is 0. The van der Waals surface area contributed by atoms with Crippen molar-refractivity contribution in [3.05, 3.63) is 35.4 Å². The normalized spacial score (nSPS) is 19.3. The second-order valence-corrected chi connectivity index (χ2v) is 6.07. The van der Waals surface area contributed by atoms with Crippen molar-refractivity contribution in [3.8, 4) is 5.75 Å². The predicted molar refractivity (Wildman–Crippen MR) is 89.4 cm³/mol. The van der Waals surface area contributed by atoms with E-state index < -0.39 is 30.4 Å². The van der Waals surface area contributed by atoms with Crippen molar-refractivity contribution in [3.63, 3.8) is 0 Å². The first-order valence-corrected chi connectivity index (χ1v) is 8.24. The van der Waals surface area contributed by atoms with Crippen molar-refractivity contribution in [2.75, 3.05) is 19.8 Å². The van der Waals surface area contributed by atoms with E-state index in [1.165, 1.54) is 4.90 Å². The lowest BCUT2D eigenvalue weighted by atomic mass is 10.0. The molecule has 25 heavy (non-hydrogen) atoms. The average Bonchev–Trinajstić information content (AvgIpc) is 2.65. The van der Waals surface area contributed by atoms with Crippen molar-refractivity contribution >= 4 is 23.9 Å². The Kier molecular flexibility index (Phi) is 5.02. The van der Waals surface area contributed by atoms with Gasteiger partial charge in [0.05, 0.1) is 5.57 Å². The number of amides is 2. The van der Waals surface area contributed by atoms with Crippen LogP contribution in [-0.4, -0.2) is 48.5 Å². The lowest BCUT2D eigenvalue weighted by molar-refractivity contribution is -0.152. The molecule has 1 aromatic rings. The maximum Gasteiger partial charge on any atom is 0.338 e. The lowest BCUT2D eigenvalue weighted by Gasteiger charge is -2.33. The molecule has 1 saturated heterocycles. The minimum atomic E-state index is -0.621. The summed E-state index contributed by atoms with van der Waals surface area (Å²) in [7, 11) is 0. The largest absolute Gasteiger partial charge is 0.488 e. The van der Waals surface area contributed by atoms with Gasteiger partial charge in [-0.1, -0.05) is 18.2 Å². The van der Waals surface area contributed by atoms with E-state index in [2.05, 4.69) is 0 Å². The van der Waals surface area contributed by atoms with E-state index in [1.807, 2.05) is 24.3 Å². The van der Waals surface area contributed by atoms with Crippen LogP contribution in [0.3, 0.4) is 0 Å². The number of likely N-dealkylation sites (tertiary alicyclic amines) is 1. The summed E-state index contributed by atoms with van der Waals surface area (Å²) < 4.78 is 10.6. The zero-order valence-electron chi connectivity index (χ0n) is 13.8. The zero-order valence-corrected chi connectivity index (χ0v) is 13.8. The van der Waals surface area contributed by atoms with Crippen molar-refractivity contribution in [2.45, 2.75) is 25.3 Å². The van der Waals surface area contributed by atoms with Gasteiger partial charge < -0.3 is 20.1 Å². The number of ether oxygens (including phenoxy) is 2. The number of rotatable bonds is 4. The molecular weight excluding hydrogens is 324 g/mol. The number of carbonyl (C=O) groups is 3. The summed E-state index contributed by atoms with van der Waals surface area (Å²) in [4.78, 5) is 37.3. The van der Waals surface area contributed by atoms with Gasteiger partial charge in [-0.15, -0.1) is 0 Å². The molecule has 1 fully saturated rings. The van der Waals surface area contributed by atoms with Crippen LogP contribution in [0.4, 0.5) is 0 Å². The number of hydrogen-bond donors (Lipinski definition) is 1. The second-order valence-electron chi connectivity index (χ2n) is 6.07. The topological polar surface area (TPSA) is 98.9 Å². The summed E-state index contributed by atoms with van der Waals surface area (Å²) in [6.45, 7) is 0.127. The van der Waals surface area contributed by atoms with E-state index in [9.17, 15) is 14.4 Å². The first-order chi connectivity index (χ1) is 12.1. The Morgan fingerprint density at radius 1 is 1.24 bits per heavy atom. The molecule has 1 atom stereocenters. The highest BCUT2D eigenvalue weighted by atomic mass is 16.5. The number of esters is 1. The monoisotopic (exact) mass is 344 g/mol.